The van der Waals surface area contributed by atoms with Gasteiger partial charge in [-0.3, -0.25) is 0 Å². The third-order valence-corrected chi connectivity index (χ3v) is 2.61. The molecule has 1 aromatic carbocycles. The van der Waals surface area contributed by atoms with Gasteiger partial charge in [0.05, 0.1) is 11.1 Å². The van der Waals surface area contributed by atoms with E-state index in [1.165, 1.54) is 0 Å². The highest BCUT2D eigenvalue weighted by molar-refractivity contribution is 9.10. The van der Waals surface area contributed by atoms with Crippen LogP contribution in [0.4, 0.5) is 0 Å². The summed E-state index contributed by atoms with van der Waals surface area (Å²) in [7, 11) is 0. The molecule has 1 aromatic rings. The van der Waals surface area contributed by atoms with Gasteiger partial charge in [-0.1, -0.05) is 0 Å². The first kappa shape index (κ1) is 10.4. The van der Waals surface area contributed by atoms with Gasteiger partial charge in [-0.2, -0.15) is 0 Å². The van der Waals surface area contributed by atoms with Gasteiger partial charge in [0.2, 0.25) is 0 Å². The summed E-state index contributed by atoms with van der Waals surface area (Å²) in [4.78, 5) is 0. The molecular weight excluding hydrogens is 232 g/mol. The highest BCUT2D eigenvalue weighted by Gasteiger charge is 2.11. The van der Waals surface area contributed by atoms with E-state index in [1.54, 1.807) is 0 Å². The summed E-state index contributed by atoms with van der Waals surface area (Å²) >= 11 is 3.27. The third-order valence-electron chi connectivity index (χ3n) is 2.01. The summed E-state index contributed by atoms with van der Waals surface area (Å²) in [6.45, 7) is 6.38. The number of aryl methyl sites for hydroxylation is 1. The van der Waals surface area contributed by atoms with Crippen LogP contribution in [0.25, 0.3) is 0 Å². The average Bonchev–Trinajstić information content (AvgIpc) is 2.09. The lowest BCUT2D eigenvalue weighted by atomic mass is 10.1. The quantitative estimate of drug-likeness (QED) is 0.867. The topological polar surface area (TPSA) is 29.5 Å². The standard InChI is InChI=1S/C10H13BrO2/c1-4-13-10-7(3)6(2)5-8(11)9(10)12/h5,12H,4H2,1-3H3. The van der Waals surface area contributed by atoms with E-state index in [1.807, 2.05) is 26.8 Å². The molecule has 72 valence electrons. The van der Waals surface area contributed by atoms with Crippen LogP contribution in [0.5, 0.6) is 11.5 Å². The molecule has 0 spiro atoms. The van der Waals surface area contributed by atoms with Crippen molar-refractivity contribution in [2.24, 2.45) is 0 Å². The Kier molecular flexibility index (Phi) is 3.20. The molecule has 1 N–H and O–H groups in total. The van der Waals surface area contributed by atoms with Crippen LogP contribution in [-0.4, -0.2) is 11.7 Å². The molecule has 2 nitrogen and oxygen atoms in total. The van der Waals surface area contributed by atoms with Gasteiger partial charge in [-0.25, -0.2) is 0 Å². The number of halogens is 1. The Morgan fingerprint density at radius 1 is 1.46 bits per heavy atom. The predicted molar refractivity (Wildman–Crippen MR) is 56.4 cm³/mol. The van der Waals surface area contributed by atoms with E-state index in [9.17, 15) is 5.11 Å². The molecule has 13 heavy (non-hydrogen) atoms. The molecule has 0 aromatic heterocycles. The van der Waals surface area contributed by atoms with Gasteiger partial charge < -0.3 is 9.84 Å². The zero-order valence-electron chi connectivity index (χ0n) is 8.02. The lowest BCUT2D eigenvalue weighted by Crippen LogP contribution is -1.96. The van der Waals surface area contributed by atoms with E-state index in [2.05, 4.69) is 15.9 Å². The highest BCUT2D eigenvalue weighted by Crippen LogP contribution is 2.38. The van der Waals surface area contributed by atoms with E-state index in [0.717, 1.165) is 11.1 Å². The monoisotopic (exact) mass is 244 g/mol. The third kappa shape index (κ3) is 1.97. The summed E-state index contributed by atoms with van der Waals surface area (Å²) in [5.41, 5.74) is 2.09. The van der Waals surface area contributed by atoms with Crippen molar-refractivity contribution in [3.05, 3.63) is 21.7 Å². The van der Waals surface area contributed by atoms with Crippen molar-refractivity contribution in [3.8, 4) is 11.5 Å². The fourth-order valence-electron chi connectivity index (χ4n) is 1.15. The Bertz CT molecular complexity index is 295. The van der Waals surface area contributed by atoms with Crippen LogP contribution in [0.3, 0.4) is 0 Å². The van der Waals surface area contributed by atoms with E-state index in [-0.39, 0.29) is 5.75 Å². The van der Waals surface area contributed by atoms with Crippen LogP contribution in [0, 0.1) is 13.8 Å². The van der Waals surface area contributed by atoms with Crippen LogP contribution >= 0.6 is 15.9 Å². The first-order valence-corrected chi connectivity index (χ1v) is 4.98. The first-order chi connectivity index (χ1) is 6.07. The molecule has 3 heteroatoms. The molecule has 0 bridgehead atoms. The van der Waals surface area contributed by atoms with Crippen molar-refractivity contribution >= 4 is 15.9 Å². The van der Waals surface area contributed by atoms with E-state index in [0.29, 0.717) is 16.8 Å². The van der Waals surface area contributed by atoms with Crippen molar-refractivity contribution in [1.82, 2.24) is 0 Å². The Balaban J connectivity index is 3.28. The van der Waals surface area contributed by atoms with Crippen molar-refractivity contribution in [3.63, 3.8) is 0 Å². The molecule has 0 aliphatic carbocycles. The van der Waals surface area contributed by atoms with Gasteiger partial charge in [-0.15, -0.1) is 0 Å². The fourth-order valence-corrected chi connectivity index (χ4v) is 1.68. The van der Waals surface area contributed by atoms with E-state index >= 15 is 0 Å². The van der Waals surface area contributed by atoms with Crippen molar-refractivity contribution in [2.75, 3.05) is 6.61 Å². The number of hydrogen-bond acceptors (Lipinski definition) is 2. The summed E-state index contributed by atoms with van der Waals surface area (Å²) in [6.07, 6.45) is 0. The maximum absolute atomic E-state index is 9.66. The summed E-state index contributed by atoms with van der Waals surface area (Å²) in [6, 6.07) is 1.88. The fraction of sp³-hybridized carbons (Fsp3) is 0.400. The van der Waals surface area contributed by atoms with Crippen molar-refractivity contribution in [1.29, 1.82) is 0 Å². The number of aromatic hydroxyl groups is 1. The minimum atomic E-state index is 0.185. The number of ether oxygens (including phenoxy) is 1. The number of rotatable bonds is 2. The second kappa shape index (κ2) is 4.01. The number of hydrogen-bond donors (Lipinski definition) is 1. The normalized spacial score (nSPS) is 10.2. The van der Waals surface area contributed by atoms with Crippen molar-refractivity contribution in [2.45, 2.75) is 20.8 Å². The molecular formula is C10H13BrO2. The van der Waals surface area contributed by atoms with Gasteiger partial charge >= 0.3 is 0 Å². The van der Waals surface area contributed by atoms with Crippen molar-refractivity contribution < 1.29 is 9.84 Å². The minimum Gasteiger partial charge on any atom is -0.503 e. The first-order valence-electron chi connectivity index (χ1n) is 4.19. The Morgan fingerprint density at radius 3 is 2.62 bits per heavy atom. The van der Waals surface area contributed by atoms with Crippen LogP contribution in [0.2, 0.25) is 0 Å². The second-order valence-electron chi connectivity index (χ2n) is 2.91. The van der Waals surface area contributed by atoms with Gasteiger partial charge in [0.1, 0.15) is 0 Å². The Hall–Kier alpha value is -0.700. The molecule has 0 aliphatic rings. The zero-order chi connectivity index (χ0) is 10.0. The zero-order valence-corrected chi connectivity index (χ0v) is 9.60. The van der Waals surface area contributed by atoms with Gasteiger partial charge in [-0.05, 0) is 53.9 Å². The molecule has 0 amide bonds. The predicted octanol–water partition coefficient (Wildman–Crippen LogP) is 3.17. The largest absolute Gasteiger partial charge is 0.503 e. The Labute approximate surface area is 86.7 Å². The molecule has 0 heterocycles. The summed E-state index contributed by atoms with van der Waals surface area (Å²) in [5, 5.41) is 9.66. The Morgan fingerprint density at radius 2 is 2.08 bits per heavy atom. The maximum atomic E-state index is 9.66. The lowest BCUT2D eigenvalue weighted by molar-refractivity contribution is 0.314. The second-order valence-corrected chi connectivity index (χ2v) is 3.77. The highest BCUT2D eigenvalue weighted by atomic mass is 79.9. The van der Waals surface area contributed by atoms with Crippen LogP contribution in [0.15, 0.2) is 10.5 Å². The van der Waals surface area contributed by atoms with Gasteiger partial charge in [0.25, 0.3) is 0 Å². The lowest BCUT2D eigenvalue weighted by Gasteiger charge is -2.12. The SMILES string of the molecule is CCOc1c(C)c(C)cc(Br)c1O. The molecule has 0 fully saturated rings. The average molecular weight is 245 g/mol. The molecule has 0 unspecified atom stereocenters. The molecule has 0 radical (unpaired) electrons. The molecule has 1 rings (SSSR count). The molecule has 0 aliphatic heterocycles. The van der Waals surface area contributed by atoms with Crippen LogP contribution in [-0.2, 0) is 0 Å². The minimum absolute atomic E-state index is 0.185. The smallest absolute Gasteiger partial charge is 0.172 e. The molecule has 0 saturated heterocycles. The van der Waals surface area contributed by atoms with Gasteiger partial charge in [0.15, 0.2) is 11.5 Å². The molecule has 0 saturated carbocycles. The summed E-state index contributed by atoms with van der Waals surface area (Å²) in [5.74, 6) is 0.763. The molecule has 0 atom stereocenters. The van der Waals surface area contributed by atoms with E-state index in [4.69, 9.17) is 4.74 Å². The number of phenols is 1. The van der Waals surface area contributed by atoms with E-state index < -0.39 is 0 Å². The number of benzene rings is 1. The number of phenolic OH excluding ortho intramolecular Hbond substituents is 1. The van der Waals surface area contributed by atoms with Crippen LogP contribution < -0.4 is 4.74 Å². The maximum Gasteiger partial charge on any atom is 0.172 e. The summed E-state index contributed by atoms with van der Waals surface area (Å²) < 4.78 is 6.03. The van der Waals surface area contributed by atoms with Gasteiger partial charge in [0, 0.05) is 0 Å². The van der Waals surface area contributed by atoms with Crippen LogP contribution in [0.1, 0.15) is 18.1 Å².